The van der Waals surface area contributed by atoms with Crippen molar-refractivity contribution in [1.29, 1.82) is 0 Å². The van der Waals surface area contributed by atoms with Gasteiger partial charge >= 0.3 is 5.97 Å². The van der Waals surface area contributed by atoms with Crippen molar-refractivity contribution < 1.29 is 9.53 Å². The molecule has 3 nitrogen and oxygen atoms in total. The first-order valence-electron chi connectivity index (χ1n) is 5.57. The molecule has 0 unspecified atom stereocenters. The third-order valence-electron chi connectivity index (χ3n) is 2.53. The normalized spacial score (nSPS) is 10.5. The van der Waals surface area contributed by atoms with Gasteiger partial charge in [0.1, 0.15) is 5.01 Å². The first-order chi connectivity index (χ1) is 9.10. The van der Waals surface area contributed by atoms with Crippen molar-refractivity contribution in [2.45, 2.75) is 12.8 Å². The summed E-state index contributed by atoms with van der Waals surface area (Å²) in [5.41, 5.74) is 1.79. The Kier molecular flexibility index (Phi) is 4.80. The summed E-state index contributed by atoms with van der Waals surface area (Å²) in [6, 6.07) is 5.40. The molecule has 100 valence electrons. The second-order valence-electron chi connectivity index (χ2n) is 3.85. The van der Waals surface area contributed by atoms with Crippen molar-refractivity contribution in [2.24, 2.45) is 0 Å². The van der Waals surface area contributed by atoms with E-state index in [0.29, 0.717) is 22.9 Å². The maximum absolute atomic E-state index is 11.1. The monoisotopic (exact) mass is 315 g/mol. The smallest absolute Gasteiger partial charge is 0.305 e. The molecule has 1 heterocycles. The number of halogens is 2. The lowest BCUT2D eigenvalue weighted by Gasteiger charge is -1.99. The summed E-state index contributed by atoms with van der Waals surface area (Å²) < 4.78 is 4.60. The van der Waals surface area contributed by atoms with E-state index < -0.39 is 0 Å². The molecule has 0 aliphatic carbocycles. The Morgan fingerprint density at radius 1 is 1.37 bits per heavy atom. The number of methoxy groups -OCH3 is 1. The average molecular weight is 316 g/mol. The zero-order valence-electron chi connectivity index (χ0n) is 10.2. The van der Waals surface area contributed by atoms with E-state index in [1.54, 1.807) is 12.1 Å². The van der Waals surface area contributed by atoms with E-state index >= 15 is 0 Å². The first-order valence-corrected chi connectivity index (χ1v) is 7.20. The minimum Gasteiger partial charge on any atom is -0.469 e. The van der Waals surface area contributed by atoms with Gasteiger partial charge in [0.2, 0.25) is 0 Å². The highest BCUT2D eigenvalue weighted by Gasteiger charge is 2.08. The van der Waals surface area contributed by atoms with Crippen LogP contribution in [0.15, 0.2) is 23.6 Å². The van der Waals surface area contributed by atoms with Crippen LogP contribution in [0.25, 0.3) is 10.6 Å². The molecule has 0 fully saturated rings. The molecule has 0 aliphatic rings. The van der Waals surface area contributed by atoms with Gasteiger partial charge in [0.15, 0.2) is 0 Å². The molecular weight excluding hydrogens is 305 g/mol. The molecule has 1 aromatic carbocycles. The minimum absolute atomic E-state index is 0.232. The quantitative estimate of drug-likeness (QED) is 0.793. The van der Waals surface area contributed by atoms with E-state index in [9.17, 15) is 4.79 Å². The largest absolute Gasteiger partial charge is 0.469 e. The lowest BCUT2D eigenvalue weighted by atomic mass is 10.2. The van der Waals surface area contributed by atoms with Crippen LogP contribution < -0.4 is 0 Å². The van der Waals surface area contributed by atoms with E-state index in [1.807, 2.05) is 11.4 Å². The lowest BCUT2D eigenvalue weighted by molar-refractivity contribution is -0.140. The summed E-state index contributed by atoms with van der Waals surface area (Å²) >= 11 is 13.4. The number of ether oxygens (including phenoxy) is 1. The van der Waals surface area contributed by atoms with Gasteiger partial charge in [0.25, 0.3) is 0 Å². The number of rotatable bonds is 4. The maximum Gasteiger partial charge on any atom is 0.305 e. The van der Waals surface area contributed by atoms with Crippen molar-refractivity contribution in [3.8, 4) is 10.6 Å². The first kappa shape index (κ1) is 14.3. The van der Waals surface area contributed by atoms with E-state index in [-0.39, 0.29) is 5.97 Å². The van der Waals surface area contributed by atoms with Gasteiger partial charge in [-0.3, -0.25) is 4.79 Å². The second kappa shape index (κ2) is 6.37. The van der Waals surface area contributed by atoms with Crippen LogP contribution in [0.2, 0.25) is 10.0 Å². The highest BCUT2D eigenvalue weighted by Crippen LogP contribution is 2.30. The molecule has 0 N–H and O–H groups in total. The summed E-state index contributed by atoms with van der Waals surface area (Å²) in [6.07, 6.45) is 0.908. The van der Waals surface area contributed by atoms with Crippen molar-refractivity contribution in [2.75, 3.05) is 7.11 Å². The molecule has 1 aromatic heterocycles. The summed E-state index contributed by atoms with van der Waals surface area (Å²) in [4.78, 5) is 15.5. The van der Waals surface area contributed by atoms with Gasteiger partial charge in [-0.15, -0.1) is 11.3 Å². The van der Waals surface area contributed by atoms with Gasteiger partial charge in [-0.25, -0.2) is 4.98 Å². The molecule has 0 radical (unpaired) electrons. The molecule has 0 bridgehead atoms. The third kappa shape index (κ3) is 3.69. The number of hydrogen-bond donors (Lipinski definition) is 0. The number of carbonyl (C=O) groups excluding carboxylic acids is 1. The van der Waals surface area contributed by atoms with Gasteiger partial charge in [-0.2, -0.15) is 0 Å². The fourth-order valence-corrected chi connectivity index (χ4v) is 2.67. The summed E-state index contributed by atoms with van der Waals surface area (Å²) in [5, 5.41) is 3.82. The molecule has 0 aliphatic heterocycles. The molecular formula is C13H11Cl2NO2S. The lowest BCUT2D eigenvalue weighted by Crippen LogP contribution is -2.01. The Morgan fingerprint density at radius 3 is 2.84 bits per heavy atom. The highest BCUT2D eigenvalue weighted by atomic mass is 35.5. The number of benzene rings is 1. The van der Waals surface area contributed by atoms with Crippen molar-refractivity contribution in [3.05, 3.63) is 39.3 Å². The van der Waals surface area contributed by atoms with E-state index in [1.165, 1.54) is 18.4 Å². The van der Waals surface area contributed by atoms with Crippen LogP contribution in [-0.4, -0.2) is 18.1 Å². The van der Waals surface area contributed by atoms with Gasteiger partial charge in [-0.1, -0.05) is 29.3 Å². The topological polar surface area (TPSA) is 39.2 Å². The Balaban J connectivity index is 2.12. The Morgan fingerprint density at radius 2 is 2.16 bits per heavy atom. The van der Waals surface area contributed by atoms with Crippen LogP contribution in [0.3, 0.4) is 0 Å². The molecule has 6 heteroatoms. The minimum atomic E-state index is -0.232. The molecule has 2 aromatic rings. The van der Waals surface area contributed by atoms with Crippen molar-refractivity contribution >= 4 is 40.5 Å². The standard InChI is InChI=1S/C13H11Cl2NO2S/c1-18-12(17)5-3-9-7-19-13(16-9)8-2-4-10(14)11(15)6-8/h2,4,6-7H,3,5H2,1H3. The van der Waals surface area contributed by atoms with Gasteiger partial charge in [0, 0.05) is 17.4 Å². The van der Waals surface area contributed by atoms with Crippen LogP contribution in [-0.2, 0) is 16.0 Å². The molecule has 0 atom stereocenters. The fraction of sp³-hybridized carbons (Fsp3) is 0.231. The highest BCUT2D eigenvalue weighted by molar-refractivity contribution is 7.13. The van der Waals surface area contributed by atoms with Crippen LogP contribution in [0.5, 0.6) is 0 Å². The number of nitrogens with zero attached hydrogens (tertiary/aromatic N) is 1. The number of esters is 1. The van der Waals surface area contributed by atoms with E-state index in [2.05, 4.69) is 9.72 Å². The molecule has 19 heavy (non-hydrogen) atoms. The number of carbonyl (C=O) groups is 1. The van der Waals surface area contributed by atoms with Crippen LogP contribution in [0.4, 0.5) is 0 Å². The zero-order valence-corrected chi connectivity index (χ0v) is 12.5. The summed E-state index contributed by atoms with van der Waals surface area (Å²) in [6.45, 7) is 0. The third-order valence-corrected chi connectivity index (χ3v) is 4.21. The second-order valence-corrected chi connectivity index (χ2v) is 5.52. The fourth-order valence-electron chi connectivity index (χ4n) is 1.52. The van der Waals surface area contributed by atoms with Crippen LogP contribution >= 0.6 is 34.5 Å². The predicted molar refractivity (Wildman–Crippen MR) is 77.9 cm³/mol. The molecule has 0 saturated heterocycles. The molecule has 0 saturated carbocycles. The number of thiazole rings is 1. The molecule has 2 rings (SSSR count). The Hall–Kier alpha value is -1.10. The van der Waals surface area contributed by atoms with Crippen molar-refractivity contribution in [3.63, 3.8) is 0 Å². The van der Waals surface area contributed by atoms with Crippen LogP contribution in [0.1, 0.15) is 12.1 Å². The van der Waals surface area contributed by atoms with Gasteiger partial charge in [-0.05, 0) is 12.1 Å². The number of aromatic nitrogens is 1. The van der Waals surface area contributed by atoms with Gasteiger partial charge in [0.05, 0.1) is 29.3 Å². The summed E-state index contributed by atoms with van der Waals surface area (Å²) in [7, 11) is 1.38. The van der Waals surface area contributed by atoms with E-state index in [0.717, 1.165) is 16.3 Å². The number of hydrogen-bond acceptors (Lipinski definition) is 4. The SMILES string of the molecule is COC(=O)CCc1csc(-c2ccc(Cl)c(Cl)c2)n1. The predicted octanol–water partition coefficient (Wildman–Crippen LogP) is 4.22. The van der Waals surface area contributed by atoms with Gasteiger partial charge < -0.3 is 4.74 Å². The Labute approximate surface area is 125 Å². The van der Waals surface area contributed by atoms with Crippen LogP contribution in [0, 0.1) is 0 Å². The number of aryl methyl sites for hydroxylation is 1. The Bertz CT molecular complexity index is 598. The van der Waals surface area contributed by atoms with E-state index in [4.69, 9.17) is 23.2 Å². The average Bonchev–Trinajstić information content (AvgIpc) is 2.88. The molecule has 0 amide bonds. The van der Waals surface area contributed by atoms with Crippen molar-refractivity contribution in [1.82, 2.24) is 4.98 Å². The molecule has 0 spiro atoms. The zero-order chi connectivity index (χ0) is 13.8. The summed E-state index contributed by atoms with van der Waals surface area (Å²) in [5.74, 6) is -0.232. The maximum atomic E-state index is 11.1.